The van der Waals surface area contributed by atoms with Gasteiger partial charge in [-0.1, -0.05) is 37.6 Å². The molecule has 0 aliphatic carbocycles. The Kier molecular flexibility index (Phi) is 5.69. The van der Waals surface area contributed by atoms with Gasteiger partial charge in [0.25, 0.3) is 5.69 Å². The third-order valence-electron chi connectivity index (χ3n) is 3.79. The van der Waals surface area contributed by atoms with Crippen LogP contribution < -0.4 is 0 Å². The molecular formula is C17H18ClFN2O2. The molecule has 0 fully saturated rings. The first-order valence-corrected chi connectivity index (χ1v) is 7.79. The van der Waals surface area contributed by atoms with Crippen LogP contribution in [0.3, 0.4) is 0 Å². The van der Waals surface area contributed by atoms with Crippen LogP contribution >= 0.6 is 11.6 Å². The maximum absolute atomic E-state index is 14.9. The minimum Gasteiger partial charge on any atom is -0.300 e. The van der Waals surface area contributed by atoms with E-state index in [9.17, 15) is 14.5 Å². The molecule has 0 saturated carbocycles. The Bertz CT molecular complexity index is 700. The highest BCUT2D eigenvalue weighted by Gasteiger charge is 2.19. The van der Waals surface area contributed by atoms with Crippen molar-refractivity contribution in [3.8, 4) is 11.1 Å². The van der Waals surface area contributed by atoms with Gasteiger partial charge in [-0.25, -0.2) is 4.39 Å². The highest BCUT2D eigenvalue weighted by molar-refractivity contribution is 6.30. The fourth-order valence-corrected chi connectivity index (χ4v) is 2.54. The van der Waals surface area contributed by atoms with Gasteiger partial charge in [-0.2, -0.15) is 0 Å². The molecule has 0 amide bonds. The van der Waals surface area contributed by atoms with E-state index in [1.165, 1.54) is 12.1 Å². The van der Waals surface area contributed by atoms with E-state index in [0.717, 1.165) is 13.1 Å². The summed E-state index contributed by atoms with van der Waals surface area (Å²) in [5, 5.41) is 11.7. The lowest BCUT2D eigenvalue weighted by Crippen LogP contribution is -2.23. The predicted octanol–water partition coefficient (Wildman–Crippen LogP) is 4.90. The Labute approximate surface area is 139 Å². The second-order valence-corrected chi connectivity index (χ2v) is 5.63. The zero-order valence-corrected chi connectivity index (χ0v) is 13.8. The fourth-order valence-electron chi connectivity index (χ4n) is 2.42. The number of halogens is 2. The van der Waals surface area contributed by atoms with Crippen LogP contribution in [0.25, 0.3) is 11.1 Å². The van der Waals surface area contributed by atoms with E-state index in [1.54, 1.807) is 24.3 Å². The van der Waals surface area contributed by atoms with Crippen molar-refractivity contribution < 1.29 is 9.31 Å². The Morgan fingerprint density at radius 2 is 1.78 bits per heavy atom. The van der Waals surface area contributed by atoms with Gasteiger partial charge in [-0.15, -0.1) is 0 Å². The van der Waals surface area contributed by atoms with Gasteiger partial charge in [0.15, 0.2) is 0 Å². The SMILES string of the molecule is CCN(CC)Cc1cc([N+](=O)[O-])cc(-c2ccc(Cl)cc2)c1F. The molecule has 0 radical (unpaired) electrons. The van der Waals surface area contributed by atoms with Crippen molar-refractivity contribution in [3.05, 3.63) is 62.9 Å². The molecule has 2 aromatic rings. The smallest absolute Gasteiger partial charge is 0.270 e. The van der Waals surface area contributed by atoms with Gasteiger partial charge < -0.3 is 0 Å². The van der Waals surface area contributed by atoms with Crippen molar-refractivity contribution in [2.75, 3.05) is 13.1 Å². The van der Waals surface area contributed by atoms with E-state index in [2.05, 4.69) is 0 Å². The van der Waals surface area contributed by atoms with Gasteiger partial charge in [0.1, 0.15) is 5.82 Å². The number of nitro groups is 1. The first-order valence-electron chi connectivity index (χ1n) is 7.41. The zero-order chi connectivity index (χ0) is 17.0. The Hall–Kier alpha value is -1.98. The molecule has 0 N–H and O–H groups in total. The summed E-state index contributed by atoms with van der Waals surface area (Å²) in [5.41, 5.74) is 1.00. The van der Waals surface area contributed by atoms with E-state index >= 15 is 0 Å². The standard InChI is InChI=1S/C17H18ClFN2O2/c1-3-20(4-2)11-13-9-15(21(22)23)10-16(17(13)19)12-5-7-14(18)8-6-12/h5-10H,3-4,11H2,1-2H3. The summed E-state index contributed by atoms with van der Waals surface area (Å²) in [6, 6.07) is 9.17. The summed E-state index contributed by atoms with van der Waals surface area (Å²) in [5.74, 6) is -0.426. The zero-order valence-electron chi connectivity index (χ0n) is 13.1. The Morgan fingerprint density at radius 3 is 2.30 bits per heavy atom. The van der Waals surface area contributed by atoms with Gasteiger partial charge in [0.2, 0.25) is 0 Å². The normalized spacial score (nSPS) is 11.0. The van der Waals surface area contributed by atoms with Crippen LogP contribution in [0.2, 0.25) is 5.02 Å². The highest BCUT2D eigenvalue weighted by Crippen LogP contribution is 2.31. The molecule has 0 heterocycles. The van der Waals surface area contributed by atoms with Crippen LogP contribution in [-0.2, 0) is 6.54 Å². The van der Waals surface area contributed by atoms with Crippen LogP contribution in [0.15, 0.2) is 36.4 Å². The molecule has 23 heavy (non-hydrogen) atoms. The summed E-state index contributed by atoms with van der Waals surface area (Å²) in [6.07, 6.45) is 0. The minimum absolute atomic E-state index is 0.112. The number of hydrogen-bond donors (Lipinski definition) is 0. The third-order valence-corrected chi connectivity index (χ3v) is 4.04. The average molecular weight is 337 g/mol. The molecule has 0 unspecified atom stereocenters. The number of benzene rings is 2. The van der Waals surface area contributed by atoms with Crippen molar-refractivity contribution in [2.45, 2.75) is 20.4 Å². The van der Waals surface area contributed by atoms with Crippen molar-refractivity contribution in [2.24, 2.45) is 0 Å². The van der Waals surface area contributed by atoms with Crippen LogP contribution in [0.4, 0.5) is 10.1 Å². The van der Waals surface area contributed by atoms with E-state index < -0.39 is 10.7 Å². The molecule has 2 aromatic carbocycles. The number of hydrogen-bond acceptors (Lipinski definition) is 3. The Balaban J connectivity index is 2.54. The molecule has 0 spiro atoms. The predicted molar refractivity (Wildman–Crippen MR) is 90.1 cm³/mol. The Morgan fingerprint density at radius 1 is 1.17 bits per heavy atom. The number of nitrogens with zero attached hydrogens (tertiary/aromatic N) is 2. The maximum Gasteiger partial charge on any atom is 0.270 e. The molecule has 0 aromatic heterocycles. The van der Waals surface area contributed by atoms with Gasteiger partial charge >= 0.3 is 0 Å². The number of non-ortho nitro benzene ring substituents is 1. The van der Waals surface area contributed by atoms with Crippen molar-refractivity contribution in [1.82, 2.24) is 4.90 Å². The molecule has 0 saturated heterocycles. The van der Waals surface area contributed by atoms with Crippen molar-refractivity contribution in [3.63, 3.8) is 0 Å². The van der Waals surface area contributed by atoms with Crippen LogP contribution in [-0.4, -0.2) is 22.9 Å². The molecule has 0 aliphatic rings. The van der Waals surface area contributed by atoms with E-state index in [1.807, 2.05) is 18.7 Å². The fraction of sp³-hybridized carbons (Fsp3) is 0.294. The van der Waals surface area contributed by atoms with E-state index in [-0.39, 0.29) is 11.3 Å². The van der Waals surface area contributed by atoms with Crippen LogP contribution in [0.5, 0.6) is 0 Å². The topological polar surface area (TPSA) is 46.4 Å². The highest BCUT2D eigenvalue weighted by atomic mass is 35.5. The molecule has 2 rings (SSSR count). The molecule has 0 aliphatic heterocycles. The van der Waals surface area contributed by atoms with Crippen molar-refractivity contribution in [1.29, 1.82) is 0 Å². The molecule has 6 heteroatoms. The lowest BCUT2D eigenvalue weighted by atomic mass is 10.0. The van der Waals surface area contributed by atoms with E-state index in [0.29, 0.717) is 22.7 Å². The second kappa shape index (κ2) is 7.53. The molecular weight excluding hydrogens is 319 g/mol. The lowest BCUT2D eigenvalue weighted by molar-refractivity contribution is -0.384. The van der Waals surface area contributed by atoms with Crippen LogP contribution in [0.1, 0.15) is 19.4 Å². The molecule has 4 nitrogen and oxygen atoms in total. The quantitative estimate of drug-likeness (QED) is 0.557. The number of rotatable bonds is 6. The summed E-state index contributed by atoms with van der Waals surface area (Å²) >= 11 is 5.85. The summed E-state index contributed by atoms with van der Waals surface area (Å²) < 4.78 is 14.9. The van der Waals surface area contributed by atoms with Gasteiger partial charge in [0, 0.05) is 34.8 Å². The molecule has 0 atom stereocenters. The lowest BCUT2D eigenvalue weighted by Gasteiger charge is -2.19. The first-order chi connectivity index (χ1) is 11.0. The maximum atomic E-state index is 14.9. The van der Waals surface area contributed by atoms with Gasteiger partial charge in [-0.3, -0.25) is 15.0 Å². The molecule has 122 valence electrons. The summed E-state index contributed by atoms with van der Waals surface area (Å²) in [7, 11) is 0. The minimum atomic E-state index is -0.495. The van der Waals surface area contributed by atoms with Crippen LogP contribution in [0, 0.1) is 15.9 Å². The second-order valence-electron chi connectivity index (χ2n) is 5.19. The number of nitro benzene ring substituents is 1. The monoisotopic (exact) mass is 336 g/mol. The summed E-state index contributed by atoms with van der Waals surface area (Å²) in [4.78, 5) is 12.7. The largest absolute Gasteiger partial charge is 0.300 e. The first kappa shape index (κ1) is 17.4. The van der Waals surface area contributed by atoms with E-state index in [4.69, 9.17) is 11.6 Å². The third kappa shape index (κ3) is 4.06. The summed E-state index contributed by atoms with van der Waals surface area (Å²) in [6.45, 7) is 5.77. The molecule has 0 bridgehead atoms. The van der Waals surface area contributed by atoms with Gasteiger partial charge in [-0.05, 0) is 30.8 Å². The van der Waals surface area contributed by atoms with Gasteiger partial charge in [0.05, 0.1) is 4.92 Å². The van der Waals surface area contributed by atoms with Crippen molar-refractivity contribution >= 4 is 17.3 Å². The average Bonchev–Trinajstić information content (AvgIpc) is 2.54.